The van der Waals surface area contributed by atoms with Crippen LogP contribution in [-0.4, -0.2) is 38.9 Å². The predicted molar refractivity (Wildman–Crippen MR) is 79.2 cm³/mol. The molecule has 1 atom stereocenters. The Morgan fingerprint density at radius 2 is 2.36 bits per heavy atom. The van der Waals surface area contributed by atoms with Gasteiger partial charge in [0.05, 0.1) is 18.8 Å². The van der Waals surface area contributed by atoms with Crippen molar-refractivity contribution in [2.45, 2.75) is 25.3 Å². The fraction of sp³-hybridized carbons (Fsp3) is 0.467. The summed E-state index contributed by atoms with van der Waals surface area (Å²) in [5.41, 5.74) is 1.32. The number of amides is 1. The predicted octanol–water partition coefficient (Wildman–Crippen LogP) is 1.03. The van der Waals surface area contributed by atoms with Gasteiger partial charge in [-0.3, -0.25) is 9.48 Å². The van der Waals surface area contributed by atoms with E-state index < -0.39 is 0 Å². The summed E-state index contributed by atoms with van der Waals surface area (Å²) < 4.78 is 7.02. The molecule has 116 valence electrons. The maximum absolute atomic E-state index is 12.1. The minimum Gasteiger partial charge on any atom is -0.381 e. The van der Waals surface area contributed by atoms with Crippen molar-refractivity contribution in [3.8, 4) is 0 Å². The molecule has 3 rings (SSSR count). The minimum atomic E-state index is -0.166. The normalized spacial score (nSPS) is 18.1. The second-order valence-electron chi connectivity index (χ2n) is 5.34. The molecule has 2 aromatic heterocycles. The van der Waals surface area contributed by atoms with Gasteiger partial charge in [0.25, 0.3) is 5.91 Å². The van der Waals surface area contributed by atoms with E-state index >= 15 is 0 Å². The molecule has 1 aliphatic rings. The third-order valence-corrected chi connectivity index (χ3v) is 3.74. The smallest absolute Gasteiger partial charge is 0.269 e. The maximum atomic E-state index is 12.1. The quantitative estimate of drug-likeness (QED) is 0.912. The van der Waals surface area contributed by atoms with Crippen molar-refractivity contribution in [1.82, 2.24) is 25.1 Å². The molecule has 1 amide bonds. The summed E-state index contributed by atoms with van der Waals surface area (Å²) in [5, 5.41) is 6.84. The number of carbonyl (C=O) groups is 1. The summed E-state index contributed by atoms with van der Waals surface area (Å²) in [5.74, 6) is 0.884. The molecule has 7 nitrogen and oxygen atoms in total. The highest BCUT2D eigenvalue weighted by Gasteiger charge is 2.19. The summed E-state index contributed by atoms with van der Waals surface area (Å²) in [6, 6.07) is 3.50. The van der Waals surface area contributed by atoms with Crippen LogP contribution in [0, 0.1) is 0 Å². The molecule has 1 saturated heterocycles. The van der Waals surface area contributed by atoms with E-state index in [0.717, 1.165) is 31.0 Å². The van der Waals surface area contributed by atoms with E-state index in [-0.39, 0.29) is 11.8 Å². The van der Waals surface area contributed by atoms with Crippen LogP contribution < -0.4 is 5.32 Å². The highest BCUT2D eigenvalue weighted by atomic mass is 16.5. The molecular formula is C15H19N5O2. The summed E-state index contributed by atoms with van der Waals surface area (Å²) >= 11 is 0. The van der Waals surface area contributed by atoms with Gasteiger partial charge in [0.1, 0.15) is 11.5 Å². The van der Waals surface area contributed by atoms with Gasteiger partial charge in [0, 0.05) is 32.0 Å². The molecule has 1 N–H and O–H groups in total. The first-order valence-corrected chi connectivity index (χ1v) is 7.40. The van der Waals surface area contributed by atoms with Gasteiger partial charge in [0.15, 0.2) is 0 Å². The number of hydrogen-bond acceptors (Lipinski definition) is 5. The molecule has 2 aromatic rings. The Kier molecular flexibility index (Phi) is 4.43. The molecule has 1 fully saturated rings. The molecule has 0 radical (unpaired) electrons. The molecule has 1 unspecified atom stereocenters. The highest BCUT2D eigenvalue weighted by molar-refractivity contribution is 5.92. The fourth-order valence-corrected chi connectivity index (χ4v) is 2.51. The Morgan fingerprint density at radius 3 is 3.09 bits per heavy atom. The molecule has 3 heterocycles. The van der Waals surface area contributed by atoms with Crippen LogP contribution in [0.2, 0.25) is 0 Å². The van der Waals surface area contributed by atoms with E-state index in [1.807, 2.05) is 6.07 Å². The van der Waals surface area contributed by atoms with Gasteiger partial charge in [0.2, 0.25) is 0 Å². The summed E-state index contributed by atoms with van der Waals surface area (Å²) in [6.07, 6.45) is 5.42. The van der Waals surface area contributed by atoms with E-state index in [4.69, 9.17) is 4.74 Å². The number of nitrogens with one attached hydrogen (secondary N) is 1. The average molecular weight is 301 g/mol. The van der Waals surface area contributed by atoms with Crippen molar-refractivity contribution < 1.29 is 9.53 Å². The molecular weight excluding hydrogens is 282 g/mol. The van der Waals surface area contributed by atoms with Crippen molar-refractivity contribution in [3.63, 3.8) is 0 Å². The molecule has 0 spiro atoms. The lowest BCUT2D eigenvalue weighted by Gasteiger charge is -2.20. The largest absolute Gasteiger partial charge is 0.381 e. The highest BCUT2D eigenvalue weighted by Crippen LogP contribution is 2.22. The van der Waals surface area contributed by atoms with Crippen LogP contribution in [0.5, 0.6) is 0 Å². The van der Waals surface area contributed by atoms with Crippen molar-refractivity contribution in [2.24, 2.45) is 7.05 Å². The molecule has 0 aliphatic carbocycles. The average Bonchev–Trinajstić information content (AvgIpc) is 3.00. The molecule has 0 bridgehead atoms. The van der Waals surface area contributed by atoms with Crippen LogP contribution in [0.3, 0.4) is 0 Å². The van der Waals surface area contributed by atoms with Gasteiger partial charge < -0.3 is 10.1 Å². The fourth-order valence-electron chi connectivity index (χ4n) is 2.51. The Bertz CT molecular complexity index is 649. The van der Waals surface area contributed by atoms with Gasteiger partial charge in [-0.1, -0.05) is 0 Å². The number of carbonyl (C=O) groups excluding carboxylic acids is 1. The van der Waals surface area contributed by atoms with E-state index in [1.54, 1.807) is 30.2 Å². The molecule has 7 heteroatoms. The lowest BCUT2D eigenvalue weighted by Crippen LogP contribution is -2.26. The van der Waals surface area contributed by atoms with Crippen LogP contribution >= 0.6 is 0 Å². The first-order chi connectivity index (χ1) is 10.7. The van der Waals surface area contributed by atoms with Crippen molar-refractivity contribution in [1.29, 1.82) is 0 Å². The van der Waals surface area contributed by atoms with E-state index in [1.165, 1.54) is 0 Å². The molecule has 0 saturated carbocycles. The minimum absolute atomic E-state index is 0.166. The number of nitrogens with zero attached hydrogens (tertiary/aromatic N) is 4. The van der Waals surface area contributed by atoms with Gasteiger partial charge in [-0.15, -0.1) is 0 Å². The maximum Gasteiger partial charge on any atom is 0.269 e. The number of rotatable bonds is 4. The molecule has 1 aliphatic heterocycles. The standard InChI is InChI=1S/C15H19N5O2/c1-20-13(5-7-18-20)15(21)17-9-12-4-6-16-14(19-12)11-3-2-8-22-10-11/h4-7,11H,2-3,8-10H2,1H3,(H,17,21). The number of ether oxygens (including phenoxy) is 1. The van der Waals surface area contributed by atoms with Gasteiger partial charge in [-0.05, 0) is 25.0 Å². The van der Waals surface area contributed by atoms with Gasteiger partial charge in [-0.25, -0.2) is 9.97 Å². The van der Waals surface area contributed by atoms with Crippen LogP contribution in [0.15, 0.2) is 24.5 Å². The van der Waals surface area contributed by atoms with Crippen LogP contribution in [-0.2, 0) is 18.3 Å². The van der Waals surface area contributed by atoms with Crippen molar-refractivity contribution >= 4 is 5.91 Å². The van der Waals surface area contributed by atoms with Gasteiger partial charge >= 0.3 is 0 Å². The van der Waals surface area contributed by atoms with Gasteiger partial charge in [-0.2, -0.15) is 5.10 Å². The first kappa shape index (κ1) is 14.6. The Hall–Kier alpha value is -2.28. The summed E-state index contributed by atoms with van der Waals surface area (Å²) in [4.78, 5) is 20.9. The van der Waals surface area contributed by atoms with Crippen LogP contribution in [0.25, 0.3) is 0 Å². The zero-order chi connectivity index (χ0) is 15.4. The number of hydrogen-bond donors (Lipinski definition) is 1. The zero-order valence-electron chi connectivity index (χ0n) is 12.5. The molecule has 22 heavy (non-hydrogen) atoms. The second-order valence-corrected chi connectivity index (χ2v) is 5.34. The lowest BCUT2D eigenvalue weighted by molar-refractivity contribution is 0.0779. The molecule has 0 aromatic carbocycles. The van der Waals surface area contributed by atoms with E-state index in [2.05, 4.69) is 20.4 Å². The third kappa shape index (κ3) is 3.30. The Labute approximate surface area is 128 Å². The summed E-state index contributed by atoms with van der Waals surface area (Å²) in [6.45, 7) is 1.86. The first-order valence-electron chi connectivity index (χ1n) is 7.40. The SMILES string of the molecule is Cn1nccc1C(=O)NCc1ccnc(C2CCCOC2)n1. The monoisotopic (exact) mass is 301 g/mol. The van der Waals surface area contributed by atoms with E-state index in [0.29, 0.717) is 18.8 Å². The zero-order valence-corrected chi connectivity index (χ0v) is 12.5. The van der Waals surface area contributed by atoms with Crippen LogP contribution in [0.1, 0.15) is 40.8 Å². The van der Waals surface area contributed by atoms with E-state index in [9.17, 15) is 4.79 Å². The number of aromatic nitrogens is 4. The Morgan fingerprint density at radius 1 is 1.45 bits per heavy atom. The van der Waals surface area contributed by atoms with Crippen molar-refractivity contribution in [2.75, 3.05) is 13.2 Å². The van der Waals surface area contributed by atoms with Crippen molar-refractivity contribution in [3.05, 3.63) is 41.7 Å². The lowest BCUT2D eigenvalue weighted by atomic mass is 10.0. The third-order valence-electron chi connectivity index (χ3n) is 3.74. The second kappa shape index (κ2) is 6.65. The number of aryl methyl sites for hydroxylation is 1. The van der Waals surface area contributed by atoms with Crippen LogP contribution in [0.4, 0.5) is 0 Å². The summed E-state index contributed by atoms with van der Waals surface area (Å²) in [7, 11) is 1.74. The Balaban J connectivity index is 1.63. The topological polar surface area (TPSA) is 81.9 Å².